The summed E-state index contributed by atoms with van der Waals surface area (Å²) >= 11 is 0. The molecule has 0 spiro atoms. The van der Waals surface area contributed by atoms with Crippen molar-refractivity contribution in [2.75, 3.05) is 0 Å². The molecule has 3 heterocycles. The molecule has 2 N–H and O–H groups in total. The SMILES string of the molecule is O=C1C[C@H](c2cccc3nccnc23)c2c(c(O)c(O)c3c(=O)cc(-c4ccccc4)oc23)O1. The minimum atomic E-state index is -0.701. The number of hydrogen-bond acceptors (Lipinski definition) is 8. The number of aromatic hydroxyl groups is 2. The van der Waals surface area contributed by atoms with Gasteiger partial charge in [0, 0.05) is 29.9 Å². The second-order valence-corrected chi connectivity index (χ2v) is 7.99. The number of ether oxygens (including phenoxy) is 1. The molecule has 8 nitrogen and oxygen atoms in total. The molecule has 0 unspecified atom stereocenters. The van der Waals surface area contributed by atoms with Gasteiger partial charge in [0.2, 0.25) is 5.75 Å². The number of hydrogen-bond donors (Lipinski definition) is 2. The number of carbonyl (C=O) groups is 1. The van der Waals surface area contributed by atoms with Gasteiger partial charge < -0.3 is 19.4 Å². The van der Waals surface area contributed by atoms with Crippen LogP contribution in [0.1, 0.15) is 23.5 Å². The minimum Gasteiger partial charge on any atom is -0.504 e. The van der Waals surface area contributed by atoms with E-state index in [0.29, 0.717) is 22.2 Å². The molecule has 34 heavy (non-hydrogen) atoms. The maximum Gasteiger partial charge on any atom is 0.312 e. The summed E-state index contributed by atoms with van der Waals surface area (Å²) in [7, 11) is 0. The fraction of sp³-hybridized carbons (Fsp3) is 0.0769. The molecule has 0 bridgehead atoms. The van der Waals surface area contributed by atoms with Crippen LogP contribution in [-0.2, 0) is 4.79 Å². The summed E-state index contributed by atoms with van der Waals surface area (Å²) in [5.41, 5.74) is 2.29. The lowest BCUT2D eigenvalue weighted by atomic mass is 9.84. The van der Waals surface area contributed by atoms with Gasteiger partial charge >= 0.3 is 5.97 Å². The van der Waals surface area contributed by atoms with Crippen LogP contribution in [0.4, 0.5) is 0 Å². The highest BCUT2D eigenvalue weighted by Gasteiger charge is 2.37. The fourth-order valence-corrected chi connectivity index (χ4v) is 4.51. The number of rotatable bonds is 2. The highest BCUT2D eigenvalue weighted by Crippen LogP contribution is 2.52. The Labute approximate surface area is 191 Å². The van der Waals surface area contributed by atoms with Gasteiger partial charge in [0.15, 0.2) is 16.9 Å². The van der Waals surface area contributed by atoms with Crippen LogP contribution in [0.3, 0.4) is 0 Å². The van der Waals surface area contributed by atoms with E-state index >= 15 is 0 Å². The average molecular weight is 452 g/mol. The Morgan fingerprint density at radius 2 is 1.71 bits per heavy atom. The van der Waals surface area contributed by atoms with Gasteiger partial charge in [0.1, 0.15) is 16.7 Å². The molecule has 0 aliphatic carbocycles. The van der Waals surface area contributed by atoms with Crippen molar-refractivity contribution in [2.24, 2.45) is 0 Å². The third-order valence-electron chi connectivity index (χ3n) is 6.01. The molecule has 6 rings (SSSR count). The Bertz CT molecular complexity index is 1670. The first kappa shape index (κ1) is 19.9. The molecule has 1 aliphatic heterocycles. The number of para-hydroxylation sites is 1. The molecule has 0 saturated heterocycles. The van der Waals surface area contributed by atoms with Gasteiger partial charge in [-0.2, -0.15) is 0 Å². The summed E-state index contributed by atoms with van der Waals surface area (Å²) in [6, 6.07) is 15.7. The second kappa shape index (κ2) is 7.41. The van der Waals surface area contributed by atoms with Crippen molar-refractivity contribution in [3.63, 3.8) is 0 Å². The van der Waals surface area contributed by atoms with Crippen LogP contribution >= 0.6 is 0 Å². The zero-order chi connectivity index (χ0) is 23.4. The van der Waals surface area contributed by atoms with Crippen molar-refractivity contribution in [2.45, 2.75) is 12.3 Å². The van der Waals surface area contributed by atoms with Crippen LogP contribution < -0.4 is 10.2 Å². The van der Waals surface area contributed by atoms with E-state index in [4.69, 9.17) is 9.15 Å². The number of phenols is 2. The molecule has 1 aliphatic rings. The van der Waals surface area contributed by atoms with E-state index in [1.807, 2.05) is 18.2 Å². The molecule has 8 heteroatoms. The van der Waals surface area contributed by atoms with Crippen molar-refractivity contribution >= 4 is 28.0 Å². The van der Waals surface area contributed by atoms with Crippen molar-refractivity contribution in [1.29, 1.82) is 0 Å². The van der Waals surface area contributed by atoms with Crippen LogP contribution in [-0.4, -0.2) is 26.2 Å². The zero-order valence-corrected chi connectivity index (χ0v) is 17.6. The first-order valence-corrected chi connectivity index (χ1v) is 10.5. The van der Waals surface area contributed by atoms with E-state index in [9.17, 15) is 19.8 Å². The van der Waals surface area contributed by atoms with E-state index in [1.54, 1.807) is 42.7 Å². The van der Waals surface area contributed by atoms with Gasteiger partial charge in [-0.25, -0.2) is 0 Å². The van der Waals surface area contributed by atoms with Crippen molar-refractivity contribution in [3.8, 4) is 28.6 Å². The molecule has 0 radical (unpaired) electrons. The predicted molar refractivity (Wildman–Crippen MR) is 123 cm³/mol. The summed E-state index contributed by atoms with van der Waals surface area (Å²) in [4.78, 5) is 34.4. The summed E-state index contributed by atoms with van der Waals surface area (Å²) in [6.45, 7) is 0. The predicted octanol–water partition coefficient (Wildman–Crippen LogP) is 4.26. The highest BCUT2D eigenvalue weighted by atomic mass is 16.5. The number of benzene rings is 3. The lowest BCUT2D eigenvalue weighted by molar-refractivity contribution is -0.135. The van der Waals surface area contributed by atoms with Gasteiger partial charge in [0.25, 0.3) is 0 Å². The van der Waals surface area contributed by atoms with E-state index in [0.717, 1.165) is 0 Å². The molecular formula is C26H16N2O6. The van der Waals surface area contributed by atoms with Gasteiger partial charge in [-0.05, 0) is 11.6 Å². The summed E-state index contributed by atoms with van der Waals surface area (Å²) in [5.74, 6) is -2.62. The van der Waals surface area contributed by atoms with Gasteiger partial charge in [-0.1, -0.05) is 42.5 Å². The fourth-order valence-electron chi connectivity index (χ4n) is 4.51. The third-order valence-corrected chi connectivity index (χ3v) is 6.01. The summed E-state index contributed by atoms with van der Waals surface area (Å²) in [6.07, 6.45) is 3.04. The molecule has 5 aromatic rings. The summed E-state index contributed by atoms with van der Waals surface area (Å²) < 4.78 is 11.5. The quantitative estimate of drug-likeness (QED) is 0.231. The number of phenolic OH excluding ortho intramolecular Hbond substituents is 2. The Balaban J connectivity index is 1.73. The topological polar surface area (TPSA) is 123 Å². The van der Waals surface area contributed by atoms with Crippen LogP contribution in [0, 0.1) is 0 Å². The van der Waals surface area contributed by atoms with Gasteiger partial charge in [-0.3, -0.25) is 19.6 Å². The van der Waals surface area contributed by atoms with Crippen LogP contribution in [0.5, 0.6) is 17.2 Å². The number of carbonyl (C=O) groups excluding carboxylic acids is 1. The van der Waals surface area contributed by atoms with Crippen LogP contribution in [0.2, 0.25) is 0 Å². The number of fused-ring (bicyclic) bond motifs is 4. The van der Waals surface area contributed by atoms with Crippen molar-refractivity contribution in [3.05, 3.63) is 88.3 Å². The lowest BCUT2D eigenvalue weighted by Gasteiger charge is -2.27. The van der Waals surface area contributed by atoms with Crippen molar-refractivity contribution < 1.29 is 24.2 Å². The molecule has 166 valence electrons. The maximum atomic E-state index is 13.1. The van der Waals surface area contributed by atoms with Gasteiger partial charge in [0.05, 0.1) is 23.0 Å². The molecule has 3 aromatic carbocycles. The largest absolute Gasteiger partial charge is 0.504 e. The first-order valence-electron chi connectivity index (χ1n) is 10.5. The van der Waals surface area contributed by atoms with Crippen LogP contribution in [0.15, 0.2) is 76.2 Å². The van der Waals surface area contributed by atoms with Gasteiger partial charge in [-0.15, -0.1) is 0 Å². The van der Waals surface area contributed by atoms with E-state index in [-0.39, 0.29) is 34.5 Å². The Morgan fingerprint density at radius 1 is 0.912 bits per heavy atom. The van der Waals surface area contributed by atoms with Crippen LogP contribution in [0.25, 0.3) is 33.3 Å². The van der Waals surface area contributed by atoms with E-state index in [2.05, 4.69) is 9.97 Å². The zero-order valence-electron chi connectivity index (χ0n) is 17.6. The van der Waals surface area contributed by atoms with E-state index < -0.39 is 28.8 Å². The number of aromatic nitrogens is 2. The van der Waals surface area contributed by atoms with Crippen molar-refractivity contribution in [1.82, 2.24) is 9.97 Å². The standard InChI is InChI=1S/C26H16N2O6/c29-17-12-18(13-5-2-1-3-6-13)33-25-20-15(14-7-4-8-16-22(14)28-10-9-27-16)11-19(30)34-26(20)24(32)23(31)21(17)25/h1-10,12,15,31-32H,11H2/t15-/m1/s1. The first-order chi connectivity index (χ1) is 16.5. The average Bonchev–Trinajstić information content (AvgIpc) is 2.86. The third kappa shape index (κ3) is 2.92. The molecule has 0 fully saturated rings. The Kier molecular flexibility index (Phi) is 4.35. The number of nitrogens with zero attached hydrogens (tertiary/aromatic N) is 2. The normalized spacial score (nSPS) is 15.3. The Morgan fingerprint density at radius 3 is 2.53 bits per heavy atom. The molecule has 0 saturated carbocycles. The van der Waals surface area contributed by atoms with E-state index in [1.165, 1.54) is 6.07 Å². The minimum absolute atomic E-state index is 0.0371. The second-order valence-electron chi connectivity index (χ2n) is 7.99. The molecule has 0 amide bonds. The molecular weight excluding hydrogens is 436 g/mol. The monoisotopic (exact) mass is 452 g/mol. The highest BCUT2D eigenvalue weighted by molar-refractivity contribution is 5.97. The molecule has 1 atom stereocenters. The maximum absolute atomic E-state index is 13.1. The summed E-state index contributed by atoms with van der Waals surface area (Å²) in [5, 5.41) is 21.2. The Hall–Kier alpha value is -4.72. The number of esters is 1. The molecule has 2 aromatic heterocycles. The smallest absolute Gasteiger partial charge is 0.312 e. The lowest BCUT2D eigenvalue weighted by Crippen LogP contribution is -2.22.